The molecule has 0 bridgehead atoms. The van der Waals surface area contributed by atoms with Gasteiger partial charge in [0.15, 0.2) is 5.69 Å². The van der Waals surface area contributed by atoms with E-state index in [1.165, 1.54) is 10.5 Å². The Kier molecular flexibility index (Phi) is 4.81. The topological polar surface area (TPSA) is 56.1 Å². The Balaban J connectivity index is 1.85. The average Bonchev–Trinajstić information content (AvgIpc) is 2.82. The van der Waals surface area contributed by atoms with E-state index in [2.05, 4.69) is 34.3 Å². The number of nitrogens with zero attached hydrogens (tertiary/aromatic N) is 2. The Morgan fingerprint density at radius 3 is 3.12 bits per heavy atom. The van der Waals surface area contributed by atoms with Gasteiger partial charge in [-0.05, 0) is 45.3 Å². The van der Waals surface area contributed by atoms with E-state index in [1.807, 2.05) is 6.92 Å². The molecule has 6 heteroatoms. The van der Waals surface area contributed by atoms with E-state index < -0.39 is 0 Å². The van der Waals surface area contributed by atoms with Crippen LogP contribution in [-0.4, -0.2) is 35.4 Å². The van der Waals surface area contributed by atoms with Crippen molar-refractivity contribution in [3.8, 4) is 11.3 Å². The summed E-state index contributed by atoms with van der Waals surface area (Å²) in [6.45, 7) is 4.25. The summed E-state index contributed by atoms with van der Waals surface area (Å²) in [5.41, 5.74) is 3.83. The van der Waals surface area contributed by atoms with E-state index in [0.29, 0.717) is 18.3 Å². The minimum absolute atomic E-state index is 0.302. The Hall–Kier alpha value is -1.79. The van der Waals surface area contributed by atoms with Crippen molar-refractivity contribution in [3.63, 3.8) is 0 Å². The lowest BCUT2D eigenvalue weighted by molar-refractivity contribution is 0.0517. The standard InChI is InChI=1S/C19H23N3O2S/c1-2-24-19(23)17-15-12-25-16-8-4-3-7-14(16)18(15)22(21-17)13-6-5-10-20-11-9-13/h3-4,7-8,13,20H,2,5-6,9-12H2,1H3. The van der Waals surface area contributed by atoms with Gasteiger partial charge in [-0.3, -0.25) is 4.68 Å². The second-order valence-electron chi connectivity index (χ2n) is 6.46. The van der Waals surface area contributed by atoms with E-state index in [9.17, 15) is 4.79 Å². The molecule has 1 N–H and O–H groups in total. The summed E-state index contributed by atoms with van der Waals surface area (Å²) in [5.74, 6) is 0.468. The molecule has 0 saturated carbocycles. The second kappa shape index (κ2) is 7.22. The predicted octanol–water partition coefficient (Wildman–Crippen LogP) is 3.65. The van der Waals surface area contributed by atoms with E-state index in [0.717, 1.165) is 49.4 Å². The number of hydrogen-bond donors (Lipinski definition) is 1. The van der Waals surface area contributed by atoms with Crippen LogP contribution in [-0.2, 0) is 10.5 Å². The van der Waals surface area contributed by atoms with Crippen LogP contribution in [0.1, 0.15) is 48.3 Å². The minimum atomic E-state index is -0.302. The summed E-state index contributed by atoms with van der Waals surface area (Å²) in [7, 11) is 0. The van der Waals surface area contributed by atoms with Crippen molar-refractivity contribution < 1.29 is 9.53 Å². The number of hydrogen-bond acceptors (Lipinski definition) is 5. The molecule has 1 atom stereocenters. The quantitative estimate of drug-likeness (QED) is 0.850. The van der Waals surface area contributed by atoms with Crippen LogP contribution in [0.15, 0.2) is 29.2 Å². The Morgan fingerprint density at radius 2 is 2.24 bits per heavy atom. The maximum Gasteiger partial charge on any atom is 0.359 e. The van der Waals surface area contributed by atoms with Crippen LogP contribution in [0.4, 0.5) is 0 Å². The van der Waals surface area contributed by atoms with Crippen LogP contribution < -0.4 is 5.32 Å². The second-order valence-corrected chi connectivity index (χ2v) is 7.48. The first-order valence-electron chi connectivity index (χ1n) is 9.01. The smallest absolute Gasteiger partial charge is 0.359 e. The molecule has 0 spiro atoms. The first-order valence-corrected chi connectivity index (χ1v) is 9.99. The molecule has 4 rings (SSSR count). The zero-order valence-corrected chi connectivity index (χ0v) is 15.3. The molecular formula is C19H23N3O2S. The number of carbonyl (C=O) groups is 1. The van der Waals surface area contributed by atoms with Gasteiger partial charge < -0.3 is 10.1 Å². The zero-order chi connectivity index (χ0) is 17.2. The van der Waals surface area contributed by atoms with Gasteiger partial charge in [-0.15, -0.1) is 11.8 Å². The molecule has 1 fully saturated rings. The number of nitrogens with one attached hydrogen (secondary N) is 1. The SMILES string of the molecule is CCOC(=O)c1nn(C2CCCNCC2)c2c1CSc1ccccc1-2. The lowest BCUT2D eigenvalue weighted by Crippen LogP contribution is -2.17. The molecule has 0 radical (unpaired) electrons. The van der Waals surface area contributed by atoms with Crippen molar-refractivity contribution in [2.45, 2.75) is 42.9 Å². The van der Waals surface area contributed by atoms with Gasteiger partial charge in [-0.2, -0.15) is 5.10 Å². The Morgan fingerprint density at radius 1 is 1.36 bits per heavy atom. The average molecular weight is 357 g/mol. The van der Waals surface area contributed by atoms with Crippen molar-refractivity contribution in [1.29, 1.82) is 0 Å². The first kappa shape index (κ1) is 16.7. The maximum atomic E-state index is 12.5. The van der Waals surface area contributed by atoms with Gasteiger partial charge >= 0.3 is 5.97 Å². The molecule has 2 aliphatic heterocycles. The Bertz CT molecular complexity index is 779. The molecule has 0 aliphatic carbocycles. The van der Waals surface area contributed by atoms with Crippen molar-refractivity contribution in [1.82, 2.24) is 15.1 Å². The van der Waals surface area contributed by atoms with Gasteiger partial charge in [0.1, 0.15) is 0 Å². The number of esters is 1. The number of rotatable bonds is 3. The van der Waals surface area contributed by atoms with Crippen LogP contribution >= 0.6 is 11.8 Å². The van der Waals surface area contributed by atoms with Gasteiger partial charge in [-0.25, -0.2) is 4.79 Å². The molecule has 5 nitrogen and oxygen atoms in total. The lowest BCUT2D eigenvalue weighted by atomic mass is 10.0. The highest BCUT2D eigenvalue weighted by atomic mass is 32.2. The fourth-order valence-electron chi connectivity index (χ4n) is 3.70. The van der Waals surface area contributed by atoms with Crippen molar-refractivity contribution in [2.24, 2.45) is 0 Å². The van der Waals surface area contributed by atoms with Crippen molar-refractivity contribution >= 4 is 17.7 Å². The van der Waals surface area contributed by atoms with Gasteiger partial charge in [0, 0.05) is 21.8 Å². The lowest BCUT2D eigenvalue weighted by Gasteiger charge is -2.22. The van der Waals surface area contributed by atoms with E-state index in [4.69, 9.17) is 9.84 Å². The number of thioether (sulfide) groups is 1. The highest BCUT2D eigenvalue weighted by Gasteiger charge is 2.31. The number of fused-ring (bicyclic) bond motifs is 3. The van der Waals surface area contributed by atoms with E-state index >= 15 is 0 Å². The van der Waals surface area contributed by atoms with Gasteiger partial charge in [0.2, 0.25) is 0 Å². The number of benzene rings is 1. The van der Waals surface area contributed by atoms with Gasteiger partial charge in [0.25, 0.3) is 0 Å². The molecule has 1 saturated heterocycles. The number of carbonyl (C=O) groups excluding carboxylic acids is 1. The fourth-order valence-corrected chi connectivity index (χ4v) is 4.77. The number of aromatic nitrogens is 2. The van der Waals surface area contributed by atoms with Crippen LogP contribution in [0.3, 0.4) is 0 Å². The summed E-state index contributed by atoms with van der Waals surface area (Å²) in [6.07, 6.45) is 3.24. The van der Waals surface area contributed by atoms with Crippen LogP contribution in [0, 0.1) is 0 Å². The largest absolute Gasteiger partial charge is 0.461 e. The third-order valence-electron chi connectivity index (χ3n) is 4.88. The minimum Gasteiger partial charge on any atom is -0.461 e. The molecule has 1 aromatic carbocycles. The monoisotopic (exact) mass is 357 g/mol. The molecule has 1 unspecified atom stereocenters. The van der Waals surface area contributed by atoms with Gasteiger partial charge in [0.05, 0.1) is 18.3 Å². The normalized spacial score (nSPS) is 19.6. The molecule has 1 aromatic heterocycles. The van der Waals surface area contributed by atoms with Crippen LogP contribution in [0.5, 0.6) is 0 Å². The summed E-state index contributed by atoms with van der Waals surface area (Å²) < 4.78 is 7.39. The van der Waals surface area contributed by atoms with Crippen LogP contribution in [0.2, 0.25) is 0 Å². The fraction of sp³-hybridized carbons (Fsp3) is 0.474. The number of ether oxygens (including phenoxy) is 1. The zero-order valence-electron chi connectivity index (χ0n) is 14.5. The summed E-state index contributed by atoms with van der Waals surface area (Å²) in [4.78, 5) is 13.7. The summed E-state index contributed by atoms with van der Waals surface area (Å²) in [6, 6.07) is 8.74. The molecule has 0 amide bonds. The Labute approximate surface area is 152 Å². The highest BCUT2D eigenvalue weighted by Crippen LogP contribution is 2.44. The molecular weight excluding hydrogens is 334 g/mol. The molecule has 2 aromatic rings. The summed E-state index contributed by atoms with van der Waals surface area (Å²) in [5, 5.41) is 8.23. The molecule has 132 valence electrons. The third kappa shape index (κ3) is 3.09. The van der Waals surface area contributed by atoms with E-state index in [-0.39, 0.29) is 5.97 Å². The maximum absolute atomic E-state index is 12.5. The molecule has 3 heterocycles. The van der Waals surface area contributed by atoms with Crippen LogP contribution in [0.25, 0.3) is 11.3 Å². The first-order chi connectivity index (χ1) is 12.3. The third-order valence-corrected chi connectivity index (χ3v) is 5.98. The molecule has 25 heavy (non-hydrogen) atoms. The van der Waals surface area contributed by atoms with Crippen molar-refractivity contribution in [3.05, 3.63) is 35.5 Å². The highest BCUT2D eigenvalue weighted by molar-refractivity contribution is 7.98. The van der Waals surface area contributed by atoms with E-state index in [1.54, 1.807) is 11.8 Å². The van der Waals surface area contributed by atoms with Crippen molar-refractivity contribution in [2.75, 3.05) is 19.7 Å². The summed E-state index contributed by atoms with van der Waals surface area (Å²) >= 11 is 1.77. The van der Waals surface area contributed by atoms with Gasteiger partial charge in [-0.1, -0.05) is 18.2 Å². The predicted molar refractivity (Wildman–Crippen MR) is 98.9 cm³/mol. The molecule has 2 aliphatic rings.